The van der Waals surface area contributed by atoms with Crippen LogP contribution < -0.4 is 16.2 Å². The van der Waals surface area contributed by atoms with Crippen LogP contribution in [0.1, 0.15) is 0 Å². The Morgan fingerprint density at radius 2 is 2.46 bits per heavy atom. The maximum atomic E-state index is 8.70. The molecule has 0 fully saturated rings. The molecule has 0 unspecified atom stereocenters. The van der Waals surface area contributed by atoms with E-state index < -0.39 is 0 Å². The number of aromatic nitrogens is 2. The minimum atomic E-state index is 0.0892. The van der Waals surface area contributed by atoms with Gasteiger partial charge in [-0.25, -0.2) is 10.8 Å². The van der Waals surface area contributed by atoms with Gasteiger partial charge in [0.25, 0.3) is 0 Å². The summed E-state index contributed by atoms with van der Waals surface area (Å²) in [6, 6.07) is 1.75. The van der Waals surface area contributed by atoms with Crippen LogP contribution in [0.4, 0.5) is 11.8 Å². The number of aliphatic hydroxyl groups is 1. The second kappa shape index (κ2) is 4.58. The molecule has 0 aliphatic heterocycles. The number of nitrogen functional groups attached to an aromatic ring is 1. The number of rotatable bonds is 4. The van der Waals surface area contributed by atoms with Gasteiger partial charge in [-0.3, -0.25) is 5.43 Å². The minimum Gasteiger partial charge on any atom is -0.395 e. The lowest BCUT2D eigenvalue weighted by molar-refractivity contribution is 0.304. The van der Waals surface area contributed by atoms with Crippen molar-refractivity contribution >= 4 is 11.8 Å². The molecular formula is C7H13N5O. The summed E-state index contributed by atoms with van der Waals surface area (Å²) in [5.74, 6) is 6.23. The molecule has 6 nitrogen and oxygen atoms in total. The number of anilines is 2. The third kappa shape index (κ3) is 2.53. The summed E-state index contributed by atoms with van der Waals surface area (Å²) in [5, 5.41) is 8.70. The van der Waals surface area contributed by atoms with E-state index in [4.69, 9.17) is 10.9 Å². The highest BCUT2D eigenvalue weighted by atomic mass is 16.3. The van der Waals surface area contributed by atoms with Gasteiger partial charge in [-0.2, -0.15) is 4.98 Å². The third-order valence-corrected chi connectivity index (χ3v) is 1.60. The molecule has 0 atom stereocenters. The number of hydrogen-bond acceptors (Lipinski definition) is 6. The van der Waals surface area contributed by atoms with Gasteiger partial charge in [0.2, 0.25) is 5.95 Å². The number of likely N-dealkylation sites (N-methyl/N-ethyl adjacent to an activating group) is 1. The lowest BCUT2D eigenvalue weighted by Gasteiger charge is -2.16. The van der Waals surface area contributed by atoms with Gasteiger partial charge < -0.3 is 10.0 Å². The standard InChI is InChI=1S/C7H13N5O/c1-12(4-5-13)6-2-3-9-7(10-6)11-8/h2-3,13H,4-5,8H2,1H3,(H,9,10,11). The van der Waals surface area contributed by atoms with Crippen molar-refractivity contribution in [3.63, 3.8) is 0 Å². The van der Waals surface area contributed by atoms with Crippen molar-refractivity contribution in [1.29, 1.82) is 0 Å². The summed E-state index contributed by atoms with van der Waals surface area (Å²) in [6.45, 7) is 0.618. The van der Waals surface area contributed by atoms with Crippen LogP contribution in [-0.4, -0.2) is 35.3 Å². The van der Waals surface area contributed by atoms with Gasteiger partial charge >= 0.3 is 0 Å². The van der Waals surface area contributed by atoms with E-state index >= 15 is 0 Å². The predicted octanol–water partition coefficient (Wildman–Crippen LogP) is -0.809. The van der Waals surface area contributed by atoms with Gasteiger partial charge in [-0.1, -0.05) is 0 Å². The second-order valence-corrected chi connectivity index (χ2v) is 2.53. The van der Waals surface area contributed by atoms with Gasteiger partial charge in [0.15, 0.2) is 0 Å². The van der Waals surface area contributed by atoms with Gasteiger partial charge in [-0.05, 0) is 6.07 Å². The van der Waals surface area contributed by atoms with Gasteiger partial charge in [0, 0.05) is 19.8 Å². The zero-order chi connectivity index (χ0) is 9.68. The smallest absolute Gasteiger partial charge is 0.239 e. The zero-order valence-electron chi connectivity index (χ0n) is 7.44. The molecule has 13 heavy (non-hydrogen) atoms. The lowest BCUT2D eigenvalue weighted by Crippen LogP contribution is -2.23. The Hall–Kier alpha value is -1.40. The van der Waals surface area contributed by atoms with Crippen LogP contribution in [0.5, 0.6) is 0 Å². The third-order valence-electron chi connectivity index (χ3n) is 1.60. The van der Waals surface area contributed by atoms with Crippen molar-refractivity contribution in [2.75, 3.05) is 30.5 Å². The number of aliphatic hydroxyl groups excluding tert-OH is 1. The summed E-state index contributed by atoms with van der Waals surface area (Å²) in [5.41, 5.74) is 2.35. The molecule has 4 N–H and O–H groups in total. The van der Waals surface area contributed by atoms with Crippen LogP contribution in [0.25, 0.3) is 0 Å². The molecule has 0 amide bonds. The predicted molar refractivity (Wildman–Crippen MR) is 50.2 cm³/mol. The van der Waals surface area contributed by atoms with Crippen molar-refractivity contribution in [1.82, 2.24) is 9.97 Å². The fraction of sp³-hybridized carbons (Fsp3) is 0.429. The Labute approximate surface area is 76.4 Å². The molecular weight excluding hydrogens is 170 g/mol. The van der Waals surface area contributed by atoms with Crippen molar-refractivity contribution in [3.05, 3.63) is 12.3 Å². The fourth-order valence-corrected chi connectivity index (χ4v) is 0.896. The first-order valence-electron chi connectivity index (χ1n) is 3.89. The van der Waals surface area contributed by atoms with Crippen LogP contribution in [0.2, 0.25) is 0 Å². The maximum absolute atomic E-state index is 8.70. The Morgan fingerprint density at radius 1 is 1.69 bits per heavy atom. The van der Waals surface area contributed by atoms with Crippen molar-refractivity contribution in [2.24, 2.45) is 5.84 Å². The van der Waals surface area contributed by atoms with Gasteiger partial charge in [-0.15, -0.1) is 0 Å². The topological polar surface area (TPSA) is 87.3 Å². The number of nitrogens with zero attached hydrogens (tertiary/aromatic N) is 3. The van der Waals surface area contributed by atoms with Crippen LogP contribution in [0, 0.1) is 0 Å². The molecule has 6 heteroatoms. The molecule has 1 aromatic heterocycles. The van der Waals surface area contributed by atoms with Crippen LogP contribution in [0.3, 0.4) is 0 Å². The first-order valence-corrected chi connectivity index (χ1v) is 3.89. The largest absolute Gasteiger partial charge is 0.395 e. The van der Waals surface area contributed by atoms with Crippen LogP contribution >= 0.6 is 0 Å². The molecule has 0 saturated carbocycles. The molecule has 1 rings (SSSR count). The van der Waals surface area contributed by atoms with Crippen LogP contribution in [-0.2, 0) is 0 Å². The van der Waals surface area contributed by atoms with Gasteiger partial charge in [0.1, 0.15) is 5.82 Å². The van der Waals surface area contributed by atoms with E-state index in [9.17, 15) is 0 Å². The number of nitrogens with two attached hydrogens (primary N) is 1. The van der Waals surface area contributed by atoms with E-state index in [2.05, 4.69) is 15.4 Å². The van der Waals surface area contributed by atoms with E-state index in [0.717, 1.165) is 5.82 Å². The Bertz CT molecular complexity index is 267. The van der Waals surface area contributed by atoms with E-state index in [0.29, 0.717) is 12.5 Å². The van der Waals surface area contributed by atoms with E-state index in [1.165, 1.54) is 0 Å². The molecule has 0 aliphatic carbocycles. The highest BCUT2D eigenvalue weighted by Crippen LogP contribution is 2.08. The Balaban J connectivity index is 2.75. The molecule has 1 aromatic rings. The quantitative estimate of drug-likeness (QED) is 0.418. The summed E-state index contributed by atoms with van der Waals surface area (Å²) >= 11 is 0. The molecule has 0 aliphatic rings. The van der Waals surface area contributed by atoms with Crippen molar-refractivity contribution < 1.29 is 5.11 Å². The fourth-order valence-electron chi connectivity index (χ4n) is 0.896. The van der Waals surface area contributed by atoms with E-state index in [1.54, 1.807) is 12.3 Å². The van der Waals surface area contributed by atoms with Crippen LogP contribution in [0.15, 0.2) is 12.3 Å². The number of hydrazine groups is 1. The molecule has 0 aromatic carbocycles. The van der Waals surface area contributed by atoms with Crippen molar-refractivity contribution in [2.45, 2.75) is 0 Å². The highest BCUT2D eigenvalue weighted by Gasteiger charge is 2.02. The zero-order valence-corrected chi connectivity index (χ0v) is 7.44. The number of nitrogens with one attached hydrogen (secondary N) is 1. The first kappa shape index (κ1) is 9.69. The number of hydrogen-bond donors (Lipinski definition) is 3. The molecule has 72 valence electrons. The Morgan fingerprint density at radius 3 is 3.08 bits per heavy atom. The normalized spacial score (nSPS) is 9.77. The Kier molecular flexibility index (Phi) is 3.41. The summed E-state index contributed by atoms with van der Waals surface area (Å²) in [7, 11) is 1.83. The molecule has 0 saturated heterocycles. The second-order valence-electron chi connectivity index (χ2n) is 2.53. The maximum Gasteiger partial charge on any atom is 0.239 e. The van der Waals surface area contributed by atoms with Crippen molar-refractivity contribution in [3.8, 4) is 0 Å². The monoisotopic (exact) mass is 183 g/mol. The SMILES string of the molecule is CN(CCO)c1ccnc(NN)n1. The van der Waals surface area contributed by atoms with E-state index in [1.807, 2.05) is 11.9 Å². The lowest BCUT2D eigenvalue weighted by atomic mass is 10.5. The average molecular weight is 183 g/mol. The van der Waals surface area contributed by atoms with Gasteiger partial charge in [0.05, 0.1) is 6.61 Å². The average Bonchev–Trinajstić information content (AvgIpc) is 2.18. The van der Waals surface area contributed by atoms with E-state index in [-0.39, 0.29) is 6.61 Å². The molecule has 0 spiro atoms. The molecule has 1 heterocycles. The first-order chi connectivity index (χ1) is 6.27. The highest BCUT2D eigenvalue weighted by molar-refractivity contribution is 5.40. The summed E-state index contributed by atoms with van der Waals surface area (Å²) in [6.07, 6.45) is 1.60. The summed E-state index contributed by atoms with van der Waals surface area (Å²) < 4.78 is 0. The molecule has 0 bridgehead atoms. The molecule has 0 radical (unpaired) electrons. The summed E-state index contributed by atoms with van der Waals surface area (Å²) in [4.78, 5) is 9.75. The minimum absolute atomic E-state index is 0.0892.